The van der Waals surface area contributed by atoms with E-state index in [0.717, 1.165) is 11.3 Å². The molecular weight excluding hydrogens is 338 g/mol. The van der Waals surface area contributed by atoms with E-state index >= 15 is 0 Å². The minimum Gasteiger partial charge on any atom is -0.454 e. The molecule has 0 saturated heterocycles. The zero-order valence-corrected chi connectivity index (χ0v) is 14.6. The molecule has 3 rings (SSSR count). The van der Waals surface area contributed by atoms with E-state index in [9.17, 15) is 9.90 Å². The van der Waals surface area contributed by atoms with Gasteiger partial charge in [0.2, 0.25) is 12.7 Å². The summed E-state index contributed by atoms with van der Waals surface area (Å²) < 4.78 is 10.6. The molecule has 1 atom stereocenters. The van der Waals surface area contributed by atoms with Gasteiger partial charge in [0.05, 0.1) is 11.9 Å². The standard InChI is InChI=1S/C19H21NO4S/c21-16(15-6-7-17-18(10-15)24-13-23-17)8-9-20-19(22)12-25-11-14-4-2-1-3-5-14/h1-7,10,16,21H,8-9,11-13H2,(H,20,22). The average Bonchev–Trinajstić information content (AvgIpc) is 3.10. The molecule has 25 heavy (non-hydrogen) atoms. The molecular formula is C19H21NO4S. The van der Waals surface area contributed by atoms with Crippen LogP contribution in [-0.4, -0.2) is 30.1 Å². The molecule has 0 aromatic heterocycles. The largest absolute Gasteiger partial charge is 0.454 e. The highest BCUT2D eigenvalue weighted by Crippen LogP contribution is 2.34. The zero-order chi connectivity index (χ0) is 17.5. The summed E-state index contributed by atoms with van der Waals surface area (Å²) in [7, 11) is 0. The Balaban J connectivity index is 1.35. The first-order valence-corrected chi connectivity index (χ1v) is 9.34. The van der Waals surface area contributed by atoms with Crippen molar-refractivity contribution in [2.45, 2.75) is 18.3 Å². The number of nitrogens with one attached hydrogen (secondary N) is 1. The minimum absolute atomic E-state index is 0.0150. The van der Waals surface area contributed by atoms with E-state index < -0.39 is 6.10 Å². The third-order valence-electron chi connectivity index (χ3n) is 3.87. The van der Waals surface area contributed by atoms with E-state index in [4.69, 9.17) is 9.47 Å². The first kappa shape index (κ1) is 17.6. The Hall–Kier alpha value is -2.18. The van der Waals surface area contributed by atoms with Gasteiger partial charge in [-0.15, -0.1) is 11.8 Å². The Morgan fingerprint density at radius 2 is 1.96 bits per heavy atom. The lowest BCUT2D eigenvalue weighted by Crippen LogP contribution is -2.27. The van der Waals surface area contributed by atoms with E-state index in [1.165, 1.54) is 5.56 Å². The molecule has 1 aliphatic heterocycles. The molecule has 1 heterocycles. The van der Waals surface area contributed by atoms with Gasteiger partial charge in [-0.25, -0.2) is 0 Å². The predicted molar refractivity (Wildman–Crippen MR) is 97.8 cm³/mol. The van der Waals surface area contributed by atoms with Crippen molar-refractivity contribution >= 4 is 17.7 Å². The second kappa shape index (κ2) is 8.78. The Kier molecular flexibility index (Phi) is 6.19. The number of amides is 1. The van der Waals surface area contributed by atoms with Crippen molar-refractivity contribution in [1.82, 2.24) is 5.32 Å². The second-order valence-corrected chi connectivity index (χ2v) is 6.73. The number of hydrogen-bond donors (Lipinski definition) is 2. The van der Waals surface area contributed by atoms with Crippen LogP contribution in [-0.2, 0) is 10.5 Å². The van der Waals surface area contributed by atoms with Crippen LogP contribution >= 0.6 is 11.8 Å². The summed E-state index contributed by atoms with van der Waals surface area (Å²) in [6, 6.07) is 15.5. The van der Waals surface area contributed by atoms with Crippen molar-refractivity contribution in [2.24, 2.45) is 0 Å². The van der Waals surface area contributed by atoms with Crippen LogP contribution < -0.4 is 14.8 Å². The maximum Gasteiger partial charge on any atom is 0.231 e. The number of fused-ring (bicyclic) bond motifs is 1. The van der Waals surface area contributed by atoms with Crippen molar-refractivity contribution in [1.29, 1.82) is 0 Å². The van der Waals surface area contributed by atoms with E-state index in [1.807, 2.05) is 36.4 Å². The molecule has 1 aliphatic rings. The fourth-order valence-corrected chi connectivity index (χ4v) is 3.34. The Labute approximate surface area is 151 Å². The van der Waals surface area contributed by atoms with E-state index in [0.29, 0.717) is 30.2 Å². The van der Waals surface area contributed by atoms with Gasteiger partial charge in [0, 0.05) is 12.3 Å². The lowest BCUT2D eigenvalue weighted by atomic mass is 10.1. The molecule has 0 aliphatic carbocycles. The van der Waals surface area contributed by atoms with Crippen LogP contribution in [0, 0.1) is 0 Å². The van der Waals surface area contributed by atoms with Crippen LogP contribution in [0.4, 0.5) is 0 Å². The van der Waals surface area contributed by atoms with Gasteiger partial charge in [0.15, 0.2) is 11.5 Å². The Morgan fingerprint density at radius 1 is 1.16 bits per heavy atom. The van der Waals surface area contributed by atoms with Crippen LogP contribution in [0.3, 0.4) is 0 Å². The molecule has 0 saturated carbocycles. The SMILES string of the molecule is O=C(CSCc1ccccc1)NCCC(O)c1ccc2c(c1)OCO2. The summed E-state index contributed by atoms with van der Waals surface area (Å²) in [4.78, 5) is 11.9. The number of thioether (sulfide) groups is 1. The molecule has 0 radical (unpaired) electrons. The summed E-state index contributed by atoms with van der Waals surface area (Å²) in [5.41, 5.74) is 1.97. The minimum atomic E-state index is -0.647. The first-order chi connectivity index (χ1) is 12.2. The number of hydrogen-bond acceptors (Lipinski definition) is 5. The van der Waals surface area contributed by atoms with Crippen LogP contribution in [0.25, 0.3) is 0 Å². The Morgan fingerprint density at radius 3 is 2.80 bits per heavy atom. The molecule has 6 heteroatoms. The fourth-order valence-electron chi connectivity index (χ4n) is 2.52. The highest BCUT2D eigenvalue weighted by molar-refractivity contribution is 7.99. The lowest BCUT2D eigenvalue weighted by Gasteiger charge is -2.12. The van der Waals surface area contributed by atoms with Crippen LogP contribution in [0.15, 0.2) is 48.5 Å². The molecule has 2 aromatic carbocycles. The lowest BCUT2D eigenvalue weighted by molar-refractivity contribution is -0.118. The van der Waals surface area contributed by atoms with Crippen LogP contribution in [0.1, 0.15) is 23.7 Å². The van der Waals surface area contributed by atoms with Gasteiger partial charge in [0.1, 0.15) is 0 Å². The van der Waals surface area contributed by atoms with Gasteiger partial charge in [0.25, 0.3) is 0 Å². The normalized spacial score (nSPS) is 13.5. The smallest absolute Gasteiger partial charge is 0.231 e. The number of carbonyl (C=O) groups is 1. The van der Waals surface area contributed by atoms with Crippen LogP contribution in [0.2, 0.25) is 0 Å². The zero-order valence-electron chi connectivity index (χ0n) is 13.8. The number of benzene rings is 2. The van der Waals surface area contributed by atoms with Gasteiger partial charge < -0.3 is 19.9 Å². The summed E-state index contributed by atoms with van der Waals surface area (Å²) in [5.74, 6) is 2.56. The first-order valence-electron chi connectivity index (χ1n) is 8.18. The molecule has 2 N–H and O–H groups in total. The van der Waals surface area contributed by atoms with E-state index in [2.05, 4.69) is 5.32 Å². The highest BCUT2D eigenvalue weighted by Gasteiger charge is 2.16. The maximum atomic E-state index is 11.9. The van der Waals surface area contributed by atoms with Gasteiger partial charge in [-0.1, -0.05) is 36.4 Å². The molecule has 132 valence electrons. The molecule has 2 aromatic rings. The van der Waals surface area contributed by atoms with Crippen molar-refractivity contribution in [3.05, 3.63) is 59.7 Å². The summed E-state index contributed by atoms with van der Waals surface area (Å²) in [6.07, 6.45) is -0.193. The van der Waals surface area contributed by atoms with E-state index in [1.54, 1.807) is 23.9 Å². The van der Waals surface area contributed by atoms with Crippen molar-refractivity contribution in [3.63, 3.8) is 0 Å². The number of aliphatic hydroxyl groups is 1. The maximum absolute atomic E-state index is 11.9. The number of ether oxygens (including phenoxy) is 2. The number of carbonyl (C=O) groups excluding carboxylic acids is 1. The van der Waals surface area contributed by atoms with Crippen molar-refractivity contribution in [2.75, 3.05) is 19.1 Å². The molecule has 1 amide bonds. The van der Waals surface area contributed by atoms with Crippen molar-refractivity contribution in [3.8, 4) is 11.5 Å². The molecule has 0 fully saturated rings. The average molecular weight is 359 g/mol. The quantitative estimate of drug-likeness (QED) is 0.759. The van der Waals surface area contributed by atoms with Gasteiger partial charge >= 0.3 is 0 Å². The number of aliphatic hydroxyl groups excluding tert-OH is 1. The summed E-state index contributed by atoms with van der Waals surface area (Å²) in [5, 5.41) is 13.1. The van der Waals surface area contributed by atoms with Crippen LogP contribution in [0.5, 0.6) is 11.5 Å². The third kappa shape index (κ3) is 5.14. The van der Waals surface area contributed by atoms with Gasteiger partial charge in [-0.2, -0.15) is 0 Å². The van der Waals surface area contributed by atoms with Gasteiger partial charge in [-0.05, 0) is 29.7 Å². The van der Waals surface area contributed by atoms with Crippen molar-refractivity contribution < 1.29 is 19.4 Å². The number of rotatable bonds is 8. The summed E-state index contributed by atoms with van der Waals surface area (Å²) >= 11 is 1.58. The molecule has 5 nitrogen and oxygen atoms in total. The summed E-state index contributed by atoms with van der Waals surface area (Å²) in [6.45, 7) is 0.645. The molecule has 1 unspecified atom stereocenters. The molecule has 0 spiro atoms. The third-order valence-corrected chi connectivity index (χ3v) is 4.87. The predicted octanol–water partition coefficient (Wildman–Crippen LogP) is 2.89. The monoisotopic (exact) mass is 359 g/mol. The fraction of sp³-hybridized carbons (Fsp3) is 0.316. The highest BCUT2D eigenvalue weighted by atomic mass is 32.2. The van der Waals surface area contributed by atoms with Gasteiger partial charge in [-0.3, -0.25) is 4.79 Å². The Bertz CT molecular complexity index is 708. The second-order valence-electron chi connectivity index (χ2n) is 5.75. The molecule has 0 bridgehead atoms. The topological polar surface area (TPSA) is 67.8 Å². The van der Waals surface area contributed by atoms with E-state index in [-0.39, 0.29) is 12.7 Å².